The Morgan fingerprint density at radius 1 is 1.17 bits per heavy atom. The van der Waals surface area contributed by atoms with Crippen LogP contribution in [-0.2, 0) is 24.3 Å². The average Bonchev–Trinajstić information content (AvgIpc) is 3.55. The summed E-state index contributed by atoms with van der Waals surface area (Å²) in [6.45, 7) is 5.40. The van der Waals surface area contributed by atoms with Crippen LogP contribution in [0.4, 0.5) is 0 Å². The van der Waals surface area contributed by atoms with Crippen LogP contribution in [0.25, 0.3) is 0 Å². The van der Waals surface area contributed by atoms with Gasteiger partial charge in [-0.25, -0.2) is 0 Å². The second-order valence-corrected chi connectivity index (χ2v) is 10.6. The summed E-state index contributed by atoms with van der Waals surface area (Å²) in [6, 6.07) is 10.3. The van der Waals surface area contributed by atoms with E-state index in [0.29, 0.717) is 12.2 Å². The topological polar surface area (TPSA) is 99.6 Å². The molecule has 36 heavy (non-hydrogen) atoms. The van der Waals surface area contributed by atoms with Crippen molar-refractivity contribution in [2.24, 2.45) is 0 Å². The zero-order valence-corrected chi connectivity index (χ0v) is 21.3. The van der Waals surface area contributed by atoms with Gasteiger partial charge in [-0.15, -0.1) is 0 Å². The smallest absolute Gasteiger partial charge is 0.272 e. The summed E-state index contributed by atoms with van der Waals surface area (Å²) in [7, 11) is 1.64. The first-order chi connectivity index (χ1) is 17.3. The molecule has 1 aromatic carbocycles. The maximum atomic E-state index is 13.1. The van der Waals surface area contributed by atoms with Gasteiger partial charge in [-0.2, -0.15) is 5.10 Å². The number of hydrogen-bond donors (Lipinski definition) is 2. The third-order valence-corrected chi connectivity index (χ3v) is 8.06. The minimum Gasteiger partial charge on any atom is -0.351 e. The highest BCUT2D eigenvalue weighted by molar-refractivity contribution is 6.01. The summed E-state index contributed by atoms with van der Waals surface area (Å²) in [4.78, 5) is 42.9. The fourth-order valence-corrected chi connectivity index (χ4v) is 5.59. The first-order valence-electron chi connectivity index (χ1n) is 13.1. The molecule has 3 aliphatic rings. The van der Waals surface area contributed by atoms with Crippen LogP contribution in [0.15, 0.2) is 30.3 Å². The Morgan fingerprint density at radius 3 is 2.69 bits per heavy atom. The van der Waals surface area contributed by atoms with Gasteiger partial charge in [0.1, 0.15) is 11.2 Å². The number of benzene rings is 1. The van der Waals surface area contributed by atoms with Gasteiger partial charge < -0.3 is 15.5 Å². The summed E-state index contributed by atoms with van der Waals surface area (Å²) in [6.07, 6.45) is 6.07. The number of hydrogen-bond acceptors (Lipinski definition) is 5. The minimum atomic E-state index is -1.06. The third kappa shape index (κ3) is 4.76. The number of aromatic nitrogens is 2. The molecule has 5 rings (SSSR count). The summed E-state index contributed by atoms with van der Waals surface area (Å²) < 4.78 is 1.51. The Balaban J connectivity index is 1.16. The maximum Gasteiger partial charge on any atom is 0.272 e. The van der Waals surface area contributed by atoms with Crippen molar-refractivity contribution in [3.63, 3.8) is 0 Å². The Labute approximate surface area is 212 Å². The molecule has 192 valence electrons. The van der Waals surface area contributed by atoms with Crippen molar-refractivity contribution in [3.05, 3.63) is 52.8 Å². The van der Waals surface area contributed by atoms with Crippen LogP contribution >= 0.6 is 0 Å². The lowest BCUT2D eigenvalue weighted by Crippen LogP contribution is -2.63. The molecule has 2 aromatic rings. The van der Waals surface area contributed by atoms with Crippen LogP contribution in [0.5, 0.6) is 0 Å². The molecule has 1 atom stereocenters. The van der Waals surface area contributed by atoms with Crippen LogP contribution in [0.3, 0.4) is 0 Å². The number of nitrogens with zero attached hydrogens (tertiary/aromatic N) is 4. The molecule has 1 aliphatic carbocycles. The van der Waals surface area contributed by atoms with E-state index in [1.807, 2.05) is 0 Å². The number of likely N-dealkylation sites (N-methyl/N-ethyl adjacent to an activating group) is 1. The largest absolute Gasteiger partial charge is 0.351 e. The van der Waals surface area contributed by atoms with E-state index in [-0.39, 0.29) is 36.0 Å². The van der Waals surface area contributed by atoms with Gasteiger partial charge in [0.25, 0.3) is 11.8 Å². The van der Waals surface area contributed by atoms with E-state index < -0.39 is 5.54 Å². The second kappa shape index (κ2) is 10.0. The Bertz CT molecular complexity index is 1150. The lowest BCUT2D eigenvalue weighted by Gasteiger charge is -2.41. The summed E-state index contributed by atoms with van der Waals surface area (Å²) in [5.74, 6) is -0.770. The van der Waals surface area contributed by atoms with Crippen molar-refractivity contribution in [1.29, 1.82) is 0 Å². The van der Waals surface area contributed by atoms with Crippen molar-refractivity contribution in [2.45, 2.75) is 70.1 Å². The Morgan fingerprint density at radius 2 is 1.92 bits per heavy atom. The number of fused-ring (bicyclic) bond motifs is 2. The van der Waals surface area contributed by atoms with Crippen molar-refractivity contribution < 1.29 is 14.4 Å². The number of carbonyl (C=O) groups is 3. The van der Waals surface area contributed by atoms with Gasteiger partial charge in [0, 0.05) is 45.3 Å². The number of rotatable bonds is 7. The first kappa shape index (κ1) is 24.5. The van der Waals surface area contributed by atoms with E-state index >= 15 is 0 Å². The molecule has 0 saturated heterocycles. The molecule has 1 fully saturated rings. The van der Waals surface area contributed by atoms with Crippen LogP contribution in [0, 0.1) is 0 Å². The molecule has 9 nitrogen and oxygen atoms in total. The van der Waals surface area contributed by atoms with Crippen molar-refractivity contribution in [3.8, 4) is 0 Å². The van der Waals surface area contributed by atoms with Crippen molar-refractivity contribution in [1.82, 2.24) is 30.2 Å². The molecule has 3 amide bonds. The maximum absolute atomic E-state index is 13.1. The third-order valence-electron chi connectivity index (χ3n) is 8.06. The predicted molar refractivity (Wildman–Crippen MR) is 135 cm³/mol. The molecule has 0 radical (unpaired) electrons. The standard InChI is InChI=1S/C27H36N6O3/c1-27(26(36)29-21-10-5-6-11-21)18-33-23(25(35)31(27)2)16-22(30-33)24(34)28-13-7-14-32-15-12-19-8-3-4-9-20(19)17-32/h3-4,8-9,16,21H,5-7,10-15,17-18H2,1-2H3,(H,28,34)(H,29,36)/t27-/m0/s1. The minimum absolute atomic E-state index is 0.165. The SMILES string of the molecule is CN1C(=O)c2cc(C(=O)NCCCN3CCc4ccccc4C3)nn2C[C@@]1(C)C(=O)NC1CCCC1. The van der Waals surface area contributed by atoms with Gasteiger partial charge in [-0.1, -0.05) is 37.1 Å². The number of carbonyl (C=O) groups excluding carboxylic acids is 3. The molecule has 0 spiro atoms. The zero-order valence-electron chi connectivity index (χ0n) is 21.3. The molecule has 1 aromatic heterocycles. The van der Waals surface area contributed by atoms with E-state index in [4.69, 9.17) is 0 Å². The highest BCUT2D eigenvalue weighted by Crippen LogP contribution is 2.27. The summed E-state index contributed by atoms with van der Waals surface area (Å²) in [5.41, 5.74) is 2.30. The van der Waals surface area contributed by atoms with E-state index in [1.165, 1.54) is 26.8 Å². The van der Waals surface area contributed by atoms with E-state index in [2.05, 4.69) is 44.9 Å². The summed E-state index contributed by atoms with van der Waals surface area (Å²) in [5, 5.41) is 10.5. The van der Waals surface area contributed by atoms with Gasteiger partial charge in [-0.05, 0) is 43.7 Å². The van der Waals surface area contributed by atoms with Gasteiger partial charge in [0.2, 0.25) is 5.91 Å². The van der Waals surface area contributed by atoms with Gasteiger partial charge in [-0.3, -0.25) is 24.0 Å². The van der Waals surface area contributed by atoms with Gasteiger partial charge >= 0.3 is 0 Å². The normalized spacial score (nSPS) is 22.3. The molecule has 0 unspecified atom stereocenters. The van der Waals surface area contributed by atoms with Crippen molar-refractivity contribution in [2.75, 3.05) is 26.7 Å². The van der Waals surface area contributed by atoms with Crippen LogP contribution in [-0.4, -0.2) is 75.6 Å². The number of nitrogens with one attached hydrogen (secondary N) is 2. The molecule has 1 saturated carbocycles. The lowest BCUT2D eigenvalue weighted by molar-refractivity contribution is -0.133. The quantitative estimate of drug-likeness (QED) is 0.576. The van der Waals surface area contributed by atoms with E-state index in [9.17, 15) is 14.4 Å². The molecule has 0 bridgehead atoms. The summed E-state index contributed by atoms with van der Waals surface area (Å²) >= 11 is 0. The van der Waals surface area contributed by atoms with Crippen LogP contribution in [0.2, 0.25) is 0 Å². The molecule has 2 N–H and O–H groups in total. The van der Waals surface area contributed by atoms with Crippen molar-refractivity contribution >= 4 is 17.7 Å². The average molecular weight is 493 g/mol. The Kier molecular flexibility index (Phi) is 6.83. The van der Waals surface area contributed by atoms with Crippen LogP contribution in [0.1, 0.15) is 71.1 Å². The highest BCUT2D eigenvalue weighted by Gasteiger charge is 2.46. The van der Waals surface area contributed by atoms with E-state index in [1.54, 1.807) is 14.0 Å². The fraction of sp³-hybridized carbons (Fsp3) is 0.556. The lowest BCUT2D eigenvalue weighted by atomic mass is 9.95. The molecule has 3 heterocycles. The van der Waals surface area contributed by atoms with Gasteiger partial charge in [0.05, 0.1) is 6.54 Å². The molecular formula is C27H36N6O3. The fourth-order valence-electron chi connectivity index (χ4n) is 5.59. The monoisotopic (exact) mass is 492 g/mol. The molecule has 9 heteroatoms. The first-order valence-corrected chi connectivity index (χ1v) is 13.1. The van der Waals surface area contributed by atoms with Gasteiger partial charge in [0.15, 0.2) is 5.69 Å². The van der Waals surface area contributed by atoms with Crippen LogP contribution < -0.4 is 10.6 Å². The molecular weight excluding hydrogens is 456 g/mol. The predicted octanol–water partition coefficient (Wildman–Crippen LogP) is 1.96. The van der Waals surface area contributed by atoms with E-state index in [0.717, 1.165) is 58.2 Å². The second-order valence-electron chi connectivity index (χ2n) is 10.6. The zero-order chi connectivity index (χ0) is 25.3. The molecule has 2 aliphatic heterocycles. The number of amides is 3. The Hall–Kier alpha value is -3.20. The highest BCUT2D eigenvalue weighted by atomic mass is 16.2.